The predicted octanol–water partition coefficient (Wildman–Crippen LogP) is 4.47. The Balaban J connectivity index is 1.33. The van der Waals surface area contributed by atoms with Crippen LogP contribution in [0.25, 0.3) is 0 Å². The molecule has 0 saturated carbocycles. The molecule has 1 aromatic heterocycles. The molecule has 2 aromatic carbocycles. The lowest BCUT2D eigenvalue weighted by Gasteiger charge is -2.44. The standard InChI is InChI=1S/C26H30N6O3/c1-16(2)22-26(14-34-15-26)31-25(33)32(22)24-29-18(4)28-23(30-24)27-17(3)19-10-12-21(13-11-19)35-20-8-6-5-7-9-20/h5-13,16-17,22H,14-15H2,1-4H3,(H,31,33)(H,27,28,29,30)/t17-,22-/m0/s1. The number of nitrogens with zero attached hydrogens (tertiary/aromatic N) is 4. The Bertz CT molecular complexity index is 1200. The number of urea groups is 1. The molecule has 35 heavy (non-hydrogen) atoms. The number of carbonyl (C=O) groups excluding carboxylic acids is 1. The number of aromatic nitrogens is 3. The first-order chi connectivity index (χ1) is 16.8. The van der Waals surface area contributed by atoms with Crippen LogP contribution in [0, 0.1) is 12.8 Å². The molecule has 2 N–H and O–H groups in total. The first-order valence-electron chi connectivity index (χ1n) is 11.9. The van der Waals surface area contributed by atoms with Gasteiger partial charge in [-0.1, -0.05) is 44.2 Å². The number of para-hydroxylation sites is 1. The number of amides is 2. The van der Waals surface area contributed by atoms with Gasteiger partial charge in [-0.3, -0.25) is 4.90 Å². The molecule has 2 aliphatic rings. The van der Waals surface area contributed by atoms with Crippen LogP contribution in [-0.4, -0.2) is 45.8 Å². The summed E-state index contributed by atoms with van der Waals surface area (Å²) >= 11 is 0. The highest BCUT2D eigenvalue weighted by molar-refractivity contribution is 5.95. The molecule has 2 amide bonds. The number of aryl methyl sites for hydroxylation is 1. The van der Waals surface area contributed by atoms with E-state index in [1.54, 1.807) is 11.8 Å². The molecule has 2 saturated heterocycles. The maximum atomic E-state index is 13.0. The Morgan fingerprint density at radius 2 is 1.71 bits per heavy atom. The third-order valence-electron chi connectivity index (χ3n) is 6.43. The molecule has 0 bridgehead atoms. The van der Waals surface area contributed by atoms with E-state index in [2.05, 4.69) is 39.4 Å². The zero-order valence-electron chi connectivity index (χ0n) is 20.4. The van der Waals surface area contributed by atoms with E-state index in [0.29, 0.717) is 30.9 Å². The summed E-state index contributed by atoms with van der Waals surface area (Å²) in [6.07, 6.45) is 0. The van der Waals surface area contributed by atoms with Gasteiger partial charge in [0.25, 0.3) is 0 Å². The minimum atomic E-state index is -0.393. The van der Waals surface area contributed by atoms with Crippen molar-refractivity contribution < 1.29 is 14.3 Å². The summed E-state index contributed by atoms with van der Waals surface area (Å²) in [5, 5.41) is 6.46. The number of rotatable bonds is 7. The van der Waals surface area contributed by atoms with Gasteiger partial charge < -0.3 is 20.1 Å². The van der Waals surface area contributed by atoms with Gasteiger partial charge in [-0.2, -0.15) is 15.0 Å². The normalized spacial score (nSPS) is 19.4. The lowest BCUT2D eigenvalue weighted by molar-refractivity contribution is -0.0758. The fourth-order valence-corrected chi connectivity index (χ4v) is 4.80. The quantitative estimate of drug-likeness (QED) is 0.521. The van der Waals surface area contributed by atoms with Gasteiger partial charge in [-0.15, -0.1) is 0 Å². The van der Waals surface area contributed by atoms with Crippen molar-refractivity contribution in [3.05, 3.63) is 66.0 Å². The van der Waals surface area contributed by atoms with Gasteiger partial charge in [0.1, 0.15) is 22.9 Å². The third kappa shape index (κ3) is 4.51. The van der Waals surface area contributed by atoms with E-state index in [0.717, 1.165) is 17.1 Å². The maximum Gasteiger partial charge on any atom is 0.325 e. The fraction of sp³-hybridized carbons (Fsp3) is 0.385. The summed E-state index contributed by atoms with van der Waals surface area (Å²) in [5.41, 5.74) is 0.658. The minimum absolute atomic E-state index is 0.0740. The molecule has 9 heteroatoms. The highest BCUT2D eigenvalue weighted by atomic mass is 16.5. The van der Waals surface area contributed by atoms with E-state index >= 15 is 0 Å². The van der Waals surface area contributed by atoms with Crippen molar-refractivity contribution >= 4 is 17.9 Å². The maximum absolute atomic E-state index is 13.0. The molecule has 0 unspecified atom stereocenters. The number of nitrogens with one attached hydrogen (secondary N) is 2. The number of hydrogen-bond acceptors (Lipinski definition) is 7. The number of carbonyl (C=O) groups is 1. The Labute approximate surface area is 204 Å². The molecule has 0 aliphatic carbocycles. The van der Waals surface area contributed by atoms with Gasteiger partial charge in [0.15, 0.2) is 0 Å². The lowest BCUT2D eigenvalue weighted by Crippen LogP contribution is -2.65. The zero-order chi connectivity index (χ0) is 24.6. The average molecular weight is 475 g/mol. The Hall–Kier alpha value is -3.72. The van der Waals surface area contributed by atoms with Crippen molar-refractivity contribution in [2.24, 2.45) is 5.92 Å². The highest BCUT2D eigenvalue weighted by Gasteiger charge is 2.58. The van der Waals surface area contributed by atoms with E-state index in [1.807, 2.05) is 61.5 Å². The lowest BCUT2D eigenvalue weighted by atomic mass is 9.82. The molecule has 0 radical (unpaired) electrons. The Kier molecular flexibility index (Phi) is 6.02. The molecular weight excluding hydrogens is 444 g/mol. The largest absolute Gasteiger partial charge is 0.457 e. The van der Waals surface area contributed by atoms with Crippen LogP contribution in [0.1, 0.15) is 38.2 Å². The summed E-state index contributed by atoms with van der Waals surface area (Å²) in [6.45, 7) is 9.02. The zero-order valence-corrected chi connectivity index (χ0v) is 20.4. The number of hydrogen-bond donors (Lipinski definition) is 2. The van der Waals surface area contributed by atoms with E-state index < -0.39 is 5.54 Å². The van der Waals surface area contributed by atoms with Crippen molar-refractivity contribution in [2.75, 3.05) is 23.4 Å². The monoisotopic (exact) mass is 474 g/mol. The first-order valence-corrected chi connectivity index (χ1v) is 11.9. The van der Waals surface area contributed by atoms with Crippen LogP contribution in [0.4, 0.5) is 16.7 Å². The van der Waals surface area contributed by atoms with Crippen molar-refractivity contribution in [3.63, 3.8) is 0 Å². The van der Waals surface area contributed by atoms with Crippen molar-refractivity contribution in [1.29, 1.82) is 0 Å². The Morgan fingerprint density at radius 1 is 1.03 bits per heavy atom. The molecule has 5 rings (SSSR count). The van der Waals surface area contributed by atoms with Crippen LogP contribution >= 0.6 is 0 Å². The van der Waals surface area contributed by atoms with Gasteiger partial charge in [0.05, 0.1) is 25.3 Å². The third-order valence-corrected chi connectivity index (χ3v) is 6.43. The average Bonchev–Trinajstić information content (AvgIpc) is 3.14. The summed E-state index contributed by atoms with van der Waals surface area (Å²) in [5.74, 6) is 3.06. The van der Waals surface area contributed by atoms with Crippen LogP contribution in [0.2, 0.25) is 0 Å². The van der Waals surface area contributed by atoms with Crippen LogP contribution in [-0.2, 0) is 4.74 Å². The summed E-state index contributed by atoms with van der Waals surface area (Å²) in [7, 11) is 0. The second kappa shape index (κ2) is 9.14. The SMILES string of the molecule is Cc1nc(N[C@@H](C)c2ccc(Oc3ccccc3)cc2)nc(N2C(=O)NC3(COC3)[C@@H]2C(C)C)n1. The van der Waals surface area contributed by atoms with Crippen molar-refractivity contribution in [2.45, 2.75) is 45.3 Å². The van der Waals surface area contributed by atoms with Crippen molar-refractivity contribution in [1.82, 2.24) is 20.3 Å². The van der Waals surface area contributed by atoms with Crippen molar-refractivity contribution in [3.8, 4) is 11.5 Å². The summed E-state index contributed by atoms with van der Waals surface area (Å²) in [6, 6.07) is 17.2. The van der Waals surface area contributed by atoms with Gasteiger partial charge >= 0.3 is 6.03 Å². The van der Waals surface area contributed by atoms with E-state index in [9.17, 15) is 4.79 Å². The van der Waals surface area contributed by atoms with E-state index in [4.69, 9.17) is 9.47 Å². The van der Waals surface area contributed by atoms with Gasteiger partial charge in [-0.05, 0) is 49.6 Å². The number of benzene rings is 2. The van der Waals surface area contributed by atoms with Crippen LogP contribution in [0.15, 0.2) is 54.6 Å². The number of ether oxygens (including phenoxy) is 2. The molecule has 182 valence electrons. The molecule has 3 heterocycles. The number of anilines is 2. The topological polar surface area (TPSA) is 102 Å². The van der Waals surface area contributed by atoms with Gasteiger partial charge in [0, 0.05) is 0 Å². The predicted molar refractivity (Wildman–Crippen MR) is 133 cm³/mol. The molecule has 3 aromatic rings. The fourth-order valence-electron chi connectivity index (χ4n) is 4.80. The highest BCUT2D eigenvalue weighted by Crippen LogP contribution is 2.37. The van der Waals surface area contributed by atoms with Crippen LogP contribution in [0.3, 0.4) is 0 Å². The van der Waals surface area contributed by atoms with Crippen LogP contribution in [0.5, 0.6) is 11.5 Å². The molecule has 2 fully saturated rings. The molecule has 2 aliphatic heterocycles. The molecule has 1 spiro atoms. The summed E-state index contributed by atoms with van der Waals surface area (Å²) in [4.78, 5) is 28.2. The first kappa shape index (κ1) is 23.0. The van der Waals surface area contributed by atoms with E-state index in [-0.39, 0.29) is 24.0 Å². The molecule has 9 nitrogen and oxygen atoms in total. The minimum Gasteiger partial charge on any atom is -0.457 e. The smallest absolute Gasteiger partial charge is 0.325 e. The Morgan fingerprint density at radius 3 is 2.34 bits per heavy atom. The summed E-state index contributed by atoms with van der Waals surface area (Å²) < 4.78 is 11.3. The van der Waals surface area contributed by atoms with E-state index in [1.165, 1.54) is 0 Å². The van der Waals surface area contributed by atoms with Gasteiger partial charge in [0.2, 0.25) is 11.9 Å². The second-order valence-corrected chi connectivity index (χ2v) is 9.49. The molecular formula is C26H30N6O3. The molecule has 2 atom stereocenters. The van der Waals surface area contributed by atoms with Crippen LogP contribution < -0.4 is 20.3 Å². The second-order valence-electron chi connectivity index (χ2n) is 9.49. The van der Waals surface area contributed by atoms with Gasteiger partial charge in [-0.25, -0.2) is 4.79 Å².